The first kappa shape index (κ1) is 17.0. The Bertz CT molecular complexity index is 725. The zero-order valence-corrected chi connectivity index (χ0v) is 13.9. The van der Waals surface area contributed by atoms with E-state index >= 15 is 0 Å². The molecule has 1 N–H and O–H groups in total. The SMILES string of the molecule is Cc1c(C(=O)OCC(=O)NC(C)C)cnn1-c1ccccc1Cl. The molecule has 23 heavy (non-hydrogen) atoms. The number of esters is 1. The van der Waals surface area contributed by atoms with Gasteiger partial charge in [-0.25, -0.2) is 9.48 Å². The average Bonchev–Trinajstić information content (AvgIpc) is 2.86. The summed E-state index contributed by atoms with van der Waals surface area (Å²) in [6, 6.07) is 7.18. The van der Waals surface area contributed by atoms with Crippen molar-refractivity contribution in [2.24, 2.45) is 0 Å². The van der Waals surface area contributed by atoms with Gasteiger partial charge in [0.15, 0.2) is 6.61 Å². The molecule has 0 unspecified atom stereocenters. The van der Waals surface area contributed by atoms with Gasteiger partial charge in [-0.1, -0.05) is 23.7 Å². The van der Waals surface area contributed by atoms with Crippen LogP contribution in [0.25, 0.3) is 5.69 Å². The highest BCUT2D eigenvalue weighted by molar-refractivity contribution is 6.32. The van der Waals surface area contributed by atoms with E-state index in [2.05, 4.69) is 10.4 Å². The topological polar surface area (TPSA) is 73.2 Å². The fourth-order valence-electron chi connectivity index (χ4n) is 2.05. The molecule has 1 aromatic carbocycles. The molecule has 2 rings (SSSR count). The molecule has 6 nitrogen and oxygen atoms in total. The number of halogens is 1. The van der Waals surface area contributed by atoms with E-state index in [4.69, 9.17) is 16.3 Å². The second kappa shape index (κ2) is 7.28. The Morgan fingerprint density at radius 3 is 2.70 bits per heavy atom. The predicted octanol–water partition coefficient (Wildman–Crippen LogP) is 2.52. The van der Waals surface area contributed by atoms with Crippen molar-refractivity contribution >= 4 is 23.5 Å². The van der Waals surface area contributed by atoms with Crippen LogP contribution < -0.4 is 5.32 Å². The molecular formula is C16H18ClN3O3. The number of carbonyl (C=O) groups excluding carboxylic acids is 2. The number of benzene rings is 1. The van der Waals surface area contributed by atoms with Crippen molar-refractivity contribution in [3.63, 3.8) is 0 Å². The number of ether oxygens (including phenoxy) is 1. The Hall–Kier alpha value is -2.34. The number of rotatable bonds is 5. The lowest BCUT2D eigenvalue weighted by molar-refractivity contribution is -0.124. The zero-order valence-electron chi connectivity index (χ0n) is 13.2. The Morgan fingerprint density at radius 1 is 1.35 bits per heavy atom. The van der Waals surface area contributed by atoms with Gasteiger partial charge in [-0.2, -0.15) is 5.10 Å². The van der Waals surface area contributed by atoms with E-state index in [0.29, 0.717) is 22.0 Å². The third kappa shape index (κ3) is 4.10. The molecule has 1 heterocycles. The van der Waals surface area contributed by atoms with Gasteiger partial charge in [0.25, 0.3) is 5.91 Å². The standard InChI is InChI=1S/C16H18ClN3O3/c1-10(2)19-15(21)9-23-16(22)12-8-18-20(11(12)3)14-7-5-4-6-13(14)17/h4-8,10H,9H2,1-3H3,(H,19,21). The third-order valence-electron chi connectivity index (χ3n) is 3.09. The van der Waals surface area contributed by atoms with Crippen molar-refractivity contribution in [1.29, 1.82) is 0 Å². The number of nitrogens with zero attached hydrogens (tertiary/aromatic N) is 2. The van der Waals surface area contributed by atoms with Crippen LogP contribution in [0.1, 0.15) is 29.9 Å². The molecule has 0 aliphatic rings. The lowest BCUT2D eigenvalue weighted by Crippen LogP contribution is -2.34. The van der Waals surface area contributed by atoms with Gasteiger partial charge in [-0.3, -0.25) is 4.79 Å². The van der Waals surface area contributed by atoms with Gasteiger partial charge in [-0.15, -0.1) is 0 Å². The number of para-hydroxylation sites is 1. The van der Waals surface area contributed by atoms with Gasteiger partial charge in [0, 0.05) is 6.04 Å². The minimum atomic E-state index is -0.597. The summed E-state index contributed by atoms with van der Waals surface area (Å²) >= 11 is 6.14. The van der Waals surface area contributed by atoms with E-state index in [-0.39, 0.29) is 18.6 Å². The average molecular weight is 336 g/mol. The summed E-state index contributed by atoms with van der Waals surface area (Å²) in [5, 5.41) is 7.35. The highest BCUT2D eigenvalue weighted by Crippen LogP contribution is 2.22. The van der Waals surface area contributed by atoms with Crippen LogP contribution >= 0.6 is 11.6 Å². The fourth-order valence-corrected chi connectivity index (χ4v) is 2.26. The summed E-state index contributed by atoms with van der Waals surface area (Å²) in [5.41, 5.74) is 1.55. The molecule has 7 heteroatoms. The smallest absolute Gasteiger partial charge is 0.342 e. The Labute approximate surface area is 139 Å². The molecule has 0 aliphatic heterocycles. The molecule has 1 amide bonds. The predicted molar refractivity (Wildman–Crippen MR) is 86.9 cm³/mol. The van der Waals surface area contributed by atoms with Crippen LogP contribution in [0.2, 0.25) is 5.02 Å². The fraction of sp³-hybridized carbons (Fsp3) is 0.312. The number of carbonyl (C=O) groups is 2. The number of nitrogens with one attached hydrogen (secondary N) is 1. The van der Waals surface area contributed by atoms with E-state index in [1.54, 1.807) is 23.7 Å². The highest BCUT2D eigenvalue weighted by atomic mass is 35.5. The summed E-state index contributed by atoms with van der Waals surface area (Å²) in [6.07, 6.45) is 1.40. The van der Waals surface area contributed by atoms with Gasteiger partial charge < -0.3 is 10.1 Å². The molecule has 0 spiro atoms. The van der Waals surface area contributed by atoms with Gasteiger partial charge in [0.05, 0.1) is 22.6 Å². The van der Waals surface area contributed by atoms with E-state index < -0.39 is 5.97 Å². The van der Waals surface area contributed by atoms with Crippen LogP contribution in [0.3, 0.4) is 0 Å². The van der Waals surface area contributed by atoms with Crippen molar-refractivity contribution in [2.45, 2.75) is 26.8 Å². The lowest BCUT2D eigenvalue weighted by Gasteiger charge is -2.09. The zero-order chi connectivity index (χ0) is 17.0. The van der Waals surface area contributed by atoms with Crippen molar-refractivity contribution in [1.82, 2.24) is 15.1 Å². The number of aromatic nitrogens is 2. The molecule has 122 valence electrons. The molecular weight excluding hydrogens is 318 g/mol. The molecule has 0 atom stereocenters. The minimum Gasteiger partial charge on any atom is -0.452 e. The summed E-state index contributed by atoms with van der Waals surface area (Å²) in [4.78, 5) is 23.6. The van der Waals surface area contributed by atoms with Crippen molar-refractivity contribution in [2.75, 3.05) is 6.61 Å². The molecule has 0 fully saturated rings. The first-order chi connectivity index (χ1) is 10.9. The lowest BCUT2D eigenvalue weighted by atomic mass is 10.2. The molecule has 1 aromatic heterocycles. The highest BCUT2D eigenvalue weighted by Gasteiger charge is 2.18. The van der Waals surface area contributed by atoms with Gasteiger partial charge >= 0.3 is 5.97 Å². The second-order valence-electron chi connectivity index (χ2n) is 5.31. The molecule has 0 saturated heterocycles. The molecule has 2 aromatic rings. The van der Waals surface area contributed by atoms with E-state index in [1.165, 1.54) is 6.20 Å². The van der Waals surface area contributed by atoms with Gasteiger partial charge in [-0.05, 0) is 32.9 Å². The molecule has 0 aliphatic carbocycles. The first-order valence-corrected chi connectivity index (χ1v) is 7.54. The normalized spacial score (nSPS) is 10.7. The maximum absolute atomic E-state index is 12.1. The summed E-state index contributed by atoms with van der Waals surface area (Å²) < 4.78 is 6.58. The van der Waals surface area contributed by atoms with E-state index in [0.717, 1.165) is 0 Å². The monoisotopic (exact) mass is 335 g/mol. The summed E-state index contributed by atoms with van der Waals surface area (Å²) in [7, 11) is 0. The summed E-state index contributed by atoms with van der Waals surface area (Å²) in [5.74, 6) is -0.941. The maximum atomic E-state index is 12.1. The molecule has 0 bridgehead atoms. The quantitative estimate of drug-likeness (QED) is 0.852. The van der Waals surface area contributed by atoms with Crippen LogP contribution in [0, 0.1) is 6.92 Å². The van der Waals surface area contributed by atoms with Crippen molar-refractivity contribution < 1.29 is 14.3 Å². The largest absolute Gasteiger partial charge is 0.452 e. The Kier molecular flexibility index (Phi) is 5.39. The second-order valence-corrected chi connectivity index (χ2v) is 5.71. The summed E-state index contributed by atoms with van der Waals surface area (Å²) in [6.45, 7) is 5.07. The Morgan fingerprint density at radius 2 is 2.04 bits per heavy atom. The van der Waals surface area contributed by atoms with Gasteiger partial charge in [0.1, 0.15) is 5.56 Å². The van der Waals surface area contributed by atoms with E-state index in [9.17, 15) is 9.59 Å². The number of amides is 1. The van der Waals surface area contributed by atoms with Crippen molar-refractivity contribution in [3.8, 4) is 5.69 Å². The van der Waals surface area contributed by atoms with Crippen LogP contribution in [-0.2, 0) is 9.53 Å². The van der Waals surface area contributed by atoms with Crippen LogP contribution in [0.4, 0.5) is 0 Å². The third-order valence-corrected chi connectivity index (χ3v) is 3.41. The number of hydrogen-bond acceptors (Lipinski definition) is 4. The molecule has 0 radical (unpaired) electrons. The number of hydrogen-bond donors (Lipinski definition) is 1. The maximum Gasteiger partial charge on any atom is 0.342 e. The van der Waals surface area contributed by atoms with Crippen LogP contribution in [-0.4, -0.2) is 34.3 Å². The van der Waals surface area contributed by atoms with Crippen molar-refractivity contribution in [3.05, 3.63) is 46.7 Å². The van der Waals surface area contributed by atoms with Crippen LogP contribution in [0.5, 0.6) is 0 Å². The molecule has 0 saturated carbocycles. The minimum absolute atomic E-state index is 0.00842. The van der Waals surface area contributed by atoms with E-state index in [1.807, 2.05) is 26.0 Å². The van der Waals surface area contributed by atoms with Crippen LogP contribution in [0.15, 0.2) is 30.5 Å². The first-order valence-electron chi connectivity index (χ1n) is 7.16. The van der Waals surface area contributed by atoms with Gasteiger partial charge in [0.2, 0.25) is 0 Å². The Balaban J connectivity index is 2.12.